The second-order valence-corrected chi connectivity index (χ2v) is 9.45. The van der Waals surface area contributed by atoms with Gasteiger partial charge in [0.05, 0.1) is 11.1 Å². The van der Waals surface area contributed by atoms with E-state index in [2.05, 4.69) is 5.32 Å². The van der Waals surface area contributed by atoms with Crippen LogP contribution in [0.25, 0.3) is 0 Å². The summed E-state index contributed by atoms with van der Waals surface area (Å²) < 4.78 is 5.42. The molecular formula is C23H29N3O5. The molecule has 0 aromatic heterocycles. The highest BCUT2D eigenvalue weighted by Gasteiger charge is 2.42. The standard InChI is InChI=1S/C23H29N3O5/c1-23(2,3)26-21(29)16-7-6-14(13-17(16)22(26)30)20(28)25-10-8-15(9-11-25)24-19(27)18-5-4-12-31-18/h6-7,13,15,18H,4-5,8-12H2,1-3H3,(H,24,27). The number of nitrogens with one attached hydrogen (secondary N) is 1. The van der Waals surface area contributed by atoms with Crippen molar-refractivity contribution in [3.8, 4) is 0 Å². The van der Waals surface area contributed by atoms with E-state index in [-0.39, 0.29) is 41.3 Å². The number of hydrogen-bond donors (Lipinski definition) is 1. The molecule has 2 saturated heterocycles. The molecule has 1 unspecified atom stereocenters. The number of amides is 4. The Morgan fingerprint density at radius 3 is 2.32 bits per heavy atom. The predicted octanol–water partition coefficient (Wildman–Crippen LogP) is 1.98. The largest absolute Gasteiger partial charge is 0.368 e. The van der Waals surface area contributed by atoms with Gasteiger partial charge in [0.2, 0.25) is 5.91 Å². The van der Waals surface area contributed by atoms with Crippen molar-refractivity contribution >= 4 is 23.6 Å². The van der Waals surface area contributed by atoms with Gasteiger partial charge in [-0.3, -0.25) is 24.1 Å². The quantitative estimate of drug-likeness (QED) is 0.744. The Bertz CT molecular complexity index is 922. The van der Waals surface area contributed by atoms with Crippen LogP contribution in [0.15, 0.2) is 18.2 Å². The number of likely N-dealkylation sites (tertiary alicyclic amines) is 1. The fourth-order valence-corrected chi connectivity index (χ4v) is 4.47. The lowest BCUT2D eigenvalue weighted by molar-refractivity contribution is -0.131. The van der Waals surface area contributed by atoms with Crippen molar-refractivity contribution in [2.75, 3.05) is 19.7 Å². The number of fused-ring (bicyclic) bond motifs is 1. The van der Waals surface area contributed by atoms with Gasteiger partial charge in [-0.05, 0) is 64.7 Å². The molecule has 8 nitrogen and oxygen atoms in total. The fourth-order valence-electron chi connectivity index (χ4n) is 4.47. The topological polar surface area (TPSA) is 96.0 Å². The van der Waals surface area contributed by atoms with Gasteiger partial charge in [0.15, 0.2) is 0 Å². The third-order valence-corrected chi connectivity index (χ3v) is 6.16. The van der Waals surface area contributed by atoms with E-state index < -0.39 is 5.54 Å². The summed E-state index contributed by atoms with van der Waals surface area (Å²) in [5.41, 5.74) is 0.391. The van der Waals surface area contributed by atoms with Crippen LogP contribution in [-0.4, -0.2) is 70.8 Å². The van der Waals surface area contributed by atoms with E-state index in [9.17, 15) is 19.2 Å². The summed E-state index contributed by atoms with van der Waals surface area (Å²) in [6.45, 7) is 7.10. The number of carbonyl (C=O) groups is 4. The Morgan fingerprint density at radius 2 is 1.71 bits per heavy atom. The Morgan fingerprint density at radius 1 is 1.03 bits per heavy atom. The zero-order chi connectivity index (χ0) is 22.3. The summed E-state index contributed by atoms with van der Waals surface area (Å²) in [6.07, 6.45) is 2.66. The number of imide groups is 1. The molecule has 0 bridgehead atoms. The van der Waals surface area contributed by atoms with Gasteiger partial charge in [0, 0.05) is 36.8 Å². The van der Waals surface area contributed by atoms with Crippen LogP contribution in [0.3, 0.4) is 0 Å². The SMILES string of the molecule is CC(C)(C)N1C(=O)c2ccc(C(=O)N3CCC(NC(=O)C4CCCO4)CC3)cc2C1=O. The molecule has 0 spiro atoms. The Labute approximate surface area is 181 Å². The molecular weight excluding hydrogens is 398 g/mol. The molecule has 166 valence electrons. The molecule has 2 fully saturated rings. The van der Waals surface area contributed by atoms with Gasteiger partial charge in [0.1, 0.15) is 6.10 Å². The average Bonchev–Trinajstić information content (AvgIpc) is 3.35. The number of ether oxygens (including phenoxy) is 1. The van der Waals surface area contributed by atoms with Crippen molar-refractivity contribution in [2.45, 2.75) is 64.1 Å². The van der Waals surface area contributed by atoms with Crippen LogP contribution in [0.2, 0.25) is 0 Å². The molecule has 4 rings (SSSR count). The fraction of sp³-hybridized carbons (Fsp3) is 0.565. The summed E-state index contributed by atoms with van der Waals surface area (Å²) in [7, 11) is 0. The Kier molecular flexibility index (Phi) is 5.60. The number of nitrogens with zero attached hydrogens (tertiary/aromatic N) is 2. The monoisotopic (exact) mass is 427 g/mol. The first-order chi connectivity index (χ1) is 14.7. The van der Waals surface area contributed by atoms with Gasteiger partial charge in [-0.2, -0.15) is 0 Å². The van der Waals surface area contributed by atoms with Crippen LogP contribution < -0.4 is 5.32 Å². The van der Waals surface area contributed by atoms with Crippen molar-refractivity contribution in [2.24, 2.45) is 0 Å². The van der Waals surface area contributed by atoms with Crippen molar-refractivity contribution in [1.29, 1.82) is 0 Å². The second kappa shape index (κ2) is 8.07. The first-order valence-corrected chi connectivity index (χ1v) is 10.9. The highest BCUT2D eigenvalue weighted by atomic mass is 16.5. The number of rotatable bonds is 3. The molecule has 0 aliphatic carbocycles. The summed E-state index contributed by atoms with van der Waals surface area (Å²) in [4.78, 5) is 53.6. The molecule has 4 amide bonds. The van der Waals surface area contributed by atoms with Crippen LogP contribution in [0.1, 0.15) is 77.5 Å². The maximum Gasteiger partial charge on any atom is 0.262 e. The zero-order valence-corrected chi connectivity index (χ0v) is 18.3. The second-order valence-electron chi connectivity index (χ2n) is 9.45. The minimum Gasteiger partial charge on any atom is -0.368 e. The predicted molar refractivity (Wildman–Crippen MR) is 113 cm³/mol. The molecule has 0 radical (unpaired) electrons. The third kappa shape index (κ3) is 4.08. The minimum atomic E-state index is -0.632. The zero-order valence-electron chi connectivity index (χ0n) is 18.3. The van der Waals surface area contributed by atoms with Gasteiger partial charge in [-0.15, -0.1) is 0 Å². The van der Waals surface area contributed by atoms with E-state index in [0.717, 1.165) is 12.8 Å². The van der Waals surface area contributed by atoms with Gasteiger partial charge < -0.3 is 15.0 Å². The molecule has 1 aromatic carbocycles. The number of benzene rings is 1. The average molecular weight is 428 g/mol. The molecule has 1 N–H and O–H groups in total. The van der Waals surface area contributed by atoms with E-state index in [1.807, 2.05) is 20.8 Å². The Hall–Kier alpha value is -2.74. The summed E-state index contributed by atoms with van der Waals surface area (Å²) in [6, 6.07) is 4.75. The molecule has 3 heterocycles. The maximum absolute atomic E-state index is 13.0. The summed E-state index contributed by atoms with van der Waals surface area (Å²) in [5, 5.41) is 3.03. The van der Waals surface area contributed by atoms with Crippen LogP contribution in [-0.2, 0) is 9.53 Å². The molecule has 0 saturated carbocycles. The highest BCUT2D eigenvalue weighted by Crippen LogP contribution is 2.30. The van der Waals surface area contributed by atoms with Gasteiger partial charge in [0.25, 0.3) is 17.7 Å². The van der Waals surface area contributed by atoms with E-state index in [1.54, 1.807) is 17.0 Å². The van der Waals surface area contributed by atoms with E-state index in [1.165, 1.54) is 11.0 Å². The summed E-state index contributed by atoms with van der Waals surface area (Å²) >= 11 is 0. The highest BCUT2D eigenvalue weighted by molar-refractivity contribution is 6.22. The van der Waals surface area contributed by atoms with E-state index in [4.69, 9.17) is 4.74 Å². The number of carbonyl (C=O) groups excluding carboxylic acids is 4. The first kappa shape index (κ1) is 21.5. The number of piperidine rings is 1. The van der Waals surface area contributed by atoms with Crippen LogP contribution >= 0.6 is 0 Å². The Balaban J connectivity index is 1.39. The summed E-state index contributed by atoms with van der Waals surface area (Å²) in [5.74, 6) is -0.916. The molecule has 3 aliphatic rings. The van der Waals surface area contributed by atoms with Gasteiger partial charge in [-0.1, -0.05) is 0 Å². The van der Waals surface area contributed by atoms with Crippen molar-refractivity contribution in [3.05, 3.63) is 34.9 Å². The van der Waals surface area contributed by atoms with Crippen molar-refractivity contribution in [3.63, 3.8) is 0 Å². The molecule has 31 heavy (non-hydrogen) atoms. The van der Waals surface area contributed by atoms with Gasteiger partial charge >= 0.3 is 0 Å². The normalized spacial score (nSPS) is 22.1. The van der Waals surface area contributed by atoms with Crippen LogP contribution in [0.5, 0.6) is 0 Å². The third-order valence-electron chi connectivity index (χ3n) is 6.16. The molecule has 1 atom stereocenters. The van der Waals surface area contributed by atoms with Crippen molar-refractivity contribution in [1.82, 2.24) is 15.1 Å². The lowest BCUT2D eigenvalue weighted by Crippen LogP contribution is -2.48. The first-order valence-electron chi connectivity index (χ1n) is 10.9. The molecule has 1 aromatic rings. The molecule has 3 aliphatic heterocycles. The van der Waals surface area contributed by atoms with E-state index >= 15 is 0 Å². The molecule has 8 heteroatoms. The lowest BCUT2D eigenvalue weighted by Gasteiger charge is -2.33. The van der Waals surface area contributed by atoms with Gasteiger partial charge in [-0.25, -0.2) is 0 Å². The number of hydrogen-bond acceptors (Lipinski definition) is 5. The maximum atomic E-state index is 13.0. The van der Waals surface area contributed by atoms with E-state index in [0.29, 0.717) is 43.7 Å². The lowest BCUT2D eigenvalue weighted by atomic mass is 10.0. The minimum absolute atomic E-state index is 0.0281. The smallest absolute Gasteiger partial charge is 0.262 e. The van der Waals surface area contributed by atoms with Crippen LogP contribution in [0, 0.1) is 0 Å². The van der Waals surface area contributed by atoms with Crippen LogP contribution in [0.4, 0.5) is 0 Å². The van der Waals surface area contributed by atoms with Crippen molar-refractivity contribution < 1.29 is 23.9 Å².